The lowest BCUT2D eigenvalue weighted by Gasteiger charge is -2.26. The second kappa shape index (κ2) is 8.79. The first-order chi connectivity index (χ1) is 15.2. The zero-order chi connectivity index (χ0) is 22.9. The molecule has 6 heteroatoms. The van der Waals surface area contributed by atoms with E-state index in [1.807, 2.05) is 38.1 Å². The van der Waals surface area contributed by atoms with Gasteiger partial charge >= 0.3 is 0 Å². The van der Waals surface area contributed by atoms with Crippen molar-refractivity contribution in [2.45, 2.75) is 51.0 Å². The number of sulfonamides is 1. The Morgan fingerprint density at radius 3 is 2.50 bits per heavy atom. The van der Waals surface area contributed by atoms with Crippen LogP contribution in [0.3, 0.4) is 0 Å². The molecule has 3 aromatic carbocycles. The molecular formula is C26H28N2O3S. The van der Waals surface area contributed by atoms with Gasteiger partial charge in [0, 0.05) is 5.56 Å². The fourth-order valence-electron chi connectivity index (χ4n) is 4.22. The number of fused-ring (bicyclic) bond motifs is 1. The molecular weight excluding hydrogens is 420 g/mol. The molecule has 0 unspecified atom stereocenters. The van der Waals surface area contributed by atoms with E-state index < -0.39 is 10.0 Å². The van der Waals surface area contributed by atoms with Crippen LogP contribution in [0.1, 0.15) is 57.1 Å². The molecule has 0 fully saturated rings. The zero-order valence-electron chi connectivity index (χ0n) is 18.6. The Balaban J connectivity index is 1.60. The fraction of sp³-hybridized carbons (Fsp3) is 0.269. The van der Waals surface area contributed by atoms with Crippen molar-refractivity contribution in [1.82, 2.24) is 5.32 Å². The summed E-state index contributed by atoms with van der Waals surface area (Å²) in [6, 6.07) is 18.5. The lowest BCUT2D eigenvalue weighted by molar-refractivity contribution is 0.0932. The van der Waals surface area contributed by atoms with Crippen LogP contribution in [0.4, 0.5) is 5.69 Å². The number of anilines is 1. The largest absolute Gasteiger partial charge is 0.345 e. The summed E-state index contributed by atoms with van der Waals surface area (Å²) < 4.78 is 29.0. The predicted octanol–water partition coefficient (Wildman–Crippen LogP) is 5.22. The van der Waals surface area contributed by atoms with E-state index in [1.54, 1.807) is 25.1 Å². The number of carbonyl (C=O) groups excluding carboxylic acids is 1. The van der Waals surface area contributed by atoms with Crippen molar-refractivity contribution in [1.29, 1.82) is 0 Å². The molecule has 0 bridgehead atoms. The summed E-state index contributed by atoms with van der Waals surface area (Å²) in [5.74, 6) is -0.269. The van der Waals surface area contributed by atoms with Crippen LogP contribution < -0.4 is 10.0 Å². The molecule has 1 aliphatic carbocycles. The van der Waals surface area contributed by atoms with Crippen LogP contribution in [0, 0.1) is 20.8 Å². The summed E-state index contributed by atoms with van der Waals surface area (Å²) in [7, 11) is -3.85. The van der Waals surface area contributed by atoms with Crippen LogP contribution in [0.15, 0.2) is 65.6 Å². The van der Waals surface area contributed by atoms with Crippen molar-refractivity contribution in [3.63, 3.8) is 0 Å². The predicted molar refractivity (Wildman–Crippen MR) is 127 cm³/mol. The zero-order valence-corrected chi connectivity index (χ0v) is 19.4. The molecule has 0 spiro atoms. The highest BCUT2D eigenvalue weighted by Gasteiger charge is 2.24. The van der Waals surface area contributed by atoms with E-state index in [0.29, 0.717) is 16.8 Å². The van der Waals surface area contributed by atoms with Crippen molar-refractivity contribution < 1.29 is 13.2 Å². The van der Waals surface area contributed by atoms with E-state index in [1.165, 1.54) is 11.6 Å². The smallest absolute Gasteiger partial charge is 0.262 e. The molecule has 0 saturated carbocycles. The molecule has 3 aromatic rings. The van der Waals surface area contributed by atoms with Gasteiger partial charge in [-0.3, -0.25) is 9.52 Å². The lowest BCUT2D eigenvalue weighted by atomic mass is 9.87. The van der Waals surface area contributed by atoms with Gasteiger partial charge in [-0.15, -0.1) is 0 Å². The Morgan fingerprint density at radius 2 is 1.69 bits per heavy atom. The molecule has 0 radical (unpaired) electrons. The molecule has 0 saturated heterocycles. The SMILES string of the molecule is Cc1ccc(C)c(NS(=O)(=O)c2cc(C(=O)N[C@H]3CCCc4ccccc43)ccc2C)c1. The van der Waals surface area contributed by atoms with E-state index in [0.717, 1.165) is 36.0 Å². The molecule has 0 aromatic heterocycles. The van der Waals surface area contributed by atoms with Gasteiger partial charge in [-0.2, -0.15) is 0 Å². The number of nitrogens with one attached hydrogen (secondary N) is 2. The van der Waals surface area contributed by atoms with Gasteiger partial charge in [-0.25, -0.2) is 8.42 Å². The van der Waals surface area contributed by atoms with Crippen molar-refractivity contribution in [2.24, 2.45) is 0 Å². The number of carbonyl (C=O) groups is 1. The maximum atomic E-state index is 13.2. The minimum absolute atomic E-state index is 0.0677. The van der Waals surface area contributed by atoms with Gasteiger partial charge in [0.15, 0.2) is 0 Å². The number of benzene rings is 3. The van der Waals surface area contributed by atoms with Crippen LogP contribution in [-0.4, -0.2) is 14.3 Å². The van der Waals surface area contributed by atoms with E-state index in [4.69, 9.17) is 0 Å². The molecule has 4 rings (SSSR count). The molecule has 0 aliphatic heterocycles. The van der Waals surface area contributed by atoms with Crippen LogP contribution in [0.2, 0.25) is 0 Å². The van der Waals surface area contributed by atoms with Crippen molar-refractivity contribution in [3.05, 3.63) is 94.0 Å². The highest BCUT2D eigenvalue weighted by atomic mass is 32.2. The third kappa shape index (κ3) is 4.55. The van der Waals surface area contributed by atoms with Crippen LogP contribution in [-0.2, 0) is 16.4 Å². The van der Waals surface area contributed by atoms with Crippen LogP contribution in [0.5, 0.6) is 0 Å². The van der Waals surface area contributed by atoms with Gasteiger partial charge < -0.3 is 5.32 Å². The molecule has 5 nitrogen and oxygen atoms in total. The van der Waals surface area contributed by atoms with Crippen LogP contribution in [0.25, 0.3) is 0 Å². The molecule has 0 heterocycles. The van der Waals surface area contributed by atoms with E-state index in [-0.39, 0.29) is 16.8 Å². The first-order valence-corrected chi connectivity index (χ1v) is 12.3. The summed E-state index contributed by atoms with van der Waals surface area (Å²) in [6.45, 7) is 5.50. The standard InChI is InChI=1S/C26H28N2O3S/c1-17-11-12-18(2)24(15-17)28-32(30,31)25-16-21(14-13-19(25)3)26(29)27-23-10-6-8-20-7-4-5-9-22(20)23/h4-5,7,9,11-16,23,28H,6,8,10H2,1-3H3,(H,27,29)/t23-/m0/s1. The topological polar surface area (TPSA) is 75.3 Å². The fourth-order valence-corrected chi connectivity index (χ4v) is 5.62. The minimum Gasteiger partial charge on any atom is -0.345 e. The normalized spacial score (nSPS) is 15.7. The maximum Gasteiger partial charge on any atom is 0.262 e. The maximum absolute atomic E-state index is 13.2. The molecule has 1 amide bonds. The van der Waals surface area contributed by atoms with Gasteiger partial charge in [0.2, 0.25) is 0 Å². The monoisotopic (exact) mass is 448 g/mol. The molecule has 1 aliphatic rings. The second-order valence-electron chi connectivity index (χ2n) is 8.52. The van der Waals surface area contributed by atoms with Crippen molar-refractivity contribution in [2.75, 3.05) is 4.72 Å². The van der Waals surface area contributed by atoms with Gasteiger partial charge in [0.05, 0.1) is 16.6 Å². The highest BCUT2D eigenvalue weighted by molar-refractivity contribution is 7.92. The second-order valence-corrected chi connectivity index (χ2v) is 10.2. The number of aryl methyl sites for hydroxylation is 4. The Bertz CT molecular complexity index is 1280. The Hall–Kier alpha value is -3.12. The molecule has 2 N–H and O–H groups in total. The molecule has 32 heavy (non-hydrogen) atoms. The average molecular weight is 449 g/mol. The first kappa shape index (κ1) is 22.1. The number of hydrogen-bond donors (Lipinski definition) is 2. The average Bonchev–Trinajstić information content (AvgIpc) is 2.76. The van der Waals surface area contributed by atoms with E-state index in [2.05, 4.69) is 22.2 Å². The first-order valence-electron chi connectivity index (χ1n) is 10.8. The number of amides is 1. The Morgan fingerprint density at radius 1 is 0.938 bits per heavy atom. The van der Waals surface area contributed by atoms with E-state index in [9.17, 15) is 13.2 Å². The third-order valence-electron chi connectivity index (χ3n) is 6.05. The highest BCUT2D eigenvalue weighted by Crippen LogP contribution is 2.30. The number of rotatable bonds is 5. The molecule has 166 valence electrons. The van der Waals surface area contributed by atoms with Crippen LogP contribution >= 0.6 is 0 Å². The minimum atomic E-state index is -3.85. The Labute approximate surface area is 189 Å². The van der Waals surface area contributed by atoms with Gasteiger partial charge in [0.1, 0.15) is 0 Å². The number of hydrogen-bond acceptors (Lipinski definition) is 3. The summed E-state index contributed by atoms with van der Waals surface area (Å²) in [5, 5.41) is 3.10. The van der Waals surface area contributed by atoms with Gasteiger partial charge in [-0.05, 0) is 86.1 Å². The van der Waals surface area contributed by atoms with Crippen molar-refractivity contribution in [3.8, 4) is 0 Å². The molecule has 1 atom stereocenters. The van der Waals surface area contributed by atoms with Gasteiger partial charge in [0.25, 0.3) is 15.9 Å². The third-order valence-corrected chi connectivity index (χ3v) is 7.56. The summed E-state index contributed by atoms with van der Waals surface area (Å²) in [5.41, 5.74) is 5.66. The van der Waals surface area contributed by atoms with E-state index >= 15 is 0 Å². The summed E-state index contributed by atoms with van der Waals surface area (Å²) in [6.07, 6.45) is 2.89. The quantitative estimate of drug-likeness (QED) is 0.562. The lowest BCUT2D eigenvalue weighted by Crippen LogP contribution is -2.31. The Kier molecular flexibility index (Phi) is 6.07. The summed E-state index contributed by atoms with van der Waals surface area (Å²) >= 11 is 0. The van der Waals surface area contributed by atoms with Crippen molar-refractivity contribution >= 4 is 21.6 Å². The van der Waals surface area contributed by atoms with Gasteiger partial charge in [-0.1, -0.05) is 42.5 Å². The summed E-state index contributed by atoms with van der Waals surface area (Å²) in [4.78, 5) is 13.2.